The first kappa shape index (κ1) is 19.4. The van der Waals surface area contributed by atoms with Crippen LogP contribution in [0.5, 0.6) is 5.75 Å². The van der Waals surface area contributed by atoms with Gasteiger partial charge >= 0.3 is 0 Å². The number of amides is 2. The van der Waals surface area contributed by atoms with Gasteiger partial charge in [0.2, 0.25) is 5.91 Å². The molecular weight excluding hydrogens is 356 g/mol. The maximum Gasteiger partial charge on any atom is 0.277 e. The average Bonchev–Trinajstić information content (AvgIpc) is 2.59. The lowest BCUT2D eigenvalue weighted by Crippen LogP contribution is -2.26. The maximum atomic E-state index is 11.9. The van der Waals surface area contributed by atoms with Gasteiger partial charge in [-0.3, -0.25) is 9.59 Å². The Balaban J connectivity index is 1.75. The minimum Gasteiger partial charge on any atom is -0.484 e. The smallest absolute Gasteiger partial charge is 0.277 e. The molecule has 1 heterocycles. The number of rotatable bonds is 7. The summed E-state index contributed by atoms with van der Waals surface area (Å²) < 4.78 is 5.30. The first-order valence-corrected chi connectivity index (χ1v) is 8.24. The van der Waals surface area contributed by atoms with Crippen LogP contribution in [-0.2, 0) is 9.59 Å². The number of carbonyl (C=O) groups excluding carboxylic acids is 2. The van der Waals surface area contributed by atoms with Crippen LogP contribution in [0.1, 0.15) is 19.0 Å². The first-order valence-electron chi connectivity index (χ1n) is 7.86. The zero-order valence-electron chi connectivity index (χ0n) is 14.5. The normalized spacial score (nSPS) is 11.0. The van der Waals surface area contributed by atoms with Crippen LogP contribution in [0.3, 0.4) is 0 Å². The molecule has 136 valence electrons. The number of halogens is 1. The van der Waals surface area contributed by atoms with E-state index in [1.54, 1.807) is 43.3 Å². The second kappa shape index (κ2) is 9.53. The van der Waals surface area contributed by atoms with Crippen molar-refractivity contribution in [3.05, 3.63) is 53.2 Å². The molecule has 0 radical (unpaired) electrons. The van der Waals surface area contributed by atoms with E-state index in [9.17, 15) is 9.59 Å². The number of aryl methyl sites for hydroxylation is 1. The van der Waals surface area contributed by atoms with Crippen LogP contribution in [0.25, 0.3) is 0 Å². The third-order valence-corrected chi connectivity index (χ3v) is 3.38. The first-order chi connectivity index (χ1) is 12.4. The summed E-state index contributed by atoms with van der Waals surface area (Å²) >= 11 is 5.77. The lowest BCUT2D eigenvalue weighted by molar-refractivity contribution is -0.123. The van der Waals surface area contributed by atoms with E-state index in [0.717, 1.165) is 5.69 Å². The van der Waals surface area contributed by atoms with Gasteiger partial charge in [0.25, 0.3) is 5.91 Å². The van der Waals surface area contributed by atoms with Crippen molar-refractivity contribution in [3.8, 4) is 5.75 Å². The van der Waals surface area contributed by atoms with Crippen molar-refractivity contribution in [2.45, 2.75) is 20.3 Å². The van der Waals surface area contributed by atoms with E-state index < -0.39 is 5.91 Å². The fourth-order valence-corrected chi connectivity index (χ4v) is 2.07. The van der Waals surface area contributed by atoms with Crippen LogP contribution in [0, 0.1) is 6.92 Å². The summed E-state index contributed by atoms with van der Waals surface area (Å²) in [5.74, 6) is 0.301. The molecule has 26 heavy (non-hydrogen) atoms. The molecule has 2 rings (SSSR count). The van der Waals surface area contributed by atoms with Gasteiger partial charge in [-0.1, -0.05) is 17.7 Å². The molecule has 2 aromatic rings. The van der Waals surface area contributed by atoms with Gasteiger partial charge in [0, 0.05) is 16.4 Å². The van der Waals surface area contributed by atoms with E-state index in [0.29, 0.717) is 22.3 Å². The van der Waals surface area contributed by atoms with Crippen LogP contribution >= 0.6 is 11.6 Å². The Morgan fingerprint density at radius 3 is 2.58 bits per heavy atom. The Hall–Kier alpha value is -2.93. The predicted molar refractivity (Wildman–Crippen MR) is 100 cm³/mol. The van der Waals surface area contributed by atoms with E-state index >= 15 is 0 Å². The SMILES string of the molecule is C/C(CC(=O)Nc1cccc(C)n1)=N/NC(=O)COc1ccc(Cl)cc1. The molecule has 1 aromatic carbocycles. The quantitative estimate of drug-likeness (QED) is 0.575. The van der Waals surface area contributed by atoms with Crippen molar-refractivity contribution < 1.29 is 14.3 Å². The second-order valence-electron chi connectivity index (χ2n) is 5.51. The molecule has 8 heteroatoms. The van der Waals surface area contributed by atoms with Crippen molar-refractivity contribution in [3.63, 3.8) is 0 Å². The standard InChI is InChI=1S/C18H19ClN4O3/c1-12-4-3-5-16(20-12)21-17(24)10-13(2)22-23-18(25)11-26-15-8-6-14(19)7-9-15/h3-9H,10-11H2,1-2H3,(H,23,25)(H,20,21,24)/b22-13-. The number of pyridine rings is 1. The van der Waals surface area contributed by atoms with Crippen LogP contribution in [-0.4, -0.2) is 29.1 Å². The number of hydrazone groups is 1. The molecule has 0 spiro atoms. The molecule has 1 aromatic heterocycles. The number of ether oxygens (including phenoxy) is 1. The molecule has 0 bridgehead atoms. The summed E-state index contributed by atoms with van der Waals surface area (Å²) in [5.41, 5.74) is 3.61. The monoisotopic (exact) mass is 374 g/mol. The zero-order chi connectivity index (χ0) is 18.9. The molecule has 0 aliphatic rings. The summed E-state index contributed by atoms with van der Waals surface area (Å²) in [7, 11) is 0. The van der Waals surface area contributed by atoms with Crippen molar-refractivity contribution in [2.24, 2.45) is 5.10 Å². The molecule has 0 fully saturated rings. The summed E-state index contributed by atoms with van der Waals surface area (Å²) in [4.78, 5) is 27.8. The maximum absolute atomic E-state index is 11.9. The summed E-state index contributed by atoms with van der Waals surface area (Å²) in [6.45, 7) is 3.28. The summed E-state index contributed by atoms with van der Waals surface area (Å²) in [5, 5.41) is 7.14. The Kier molecular flexibility index (Phi) is 7.11. The minimum absolute atomic E-state index is 0.0357. The molecule has 2 amide bonds. The molecule has 0 atom stereocenters. The summed E-state index contributed by atoms with van der Waals surface area (Å²) in [6.07, 6.45) is 0.0357. The third-order valence-electron chi connectivity index (χ3n) is 3.13. The Morgan fingerprint density at radius 1 is 1.15 bits per heavy atom. The highest BCUT2D eigenvalue weighted by Crippen LogP contribution is 2.15. The van der Waals surface area contributed by atoms with Gasteiger partial charge in [-0.2, -0.15) is 5.10 Å². The topological polar surface area (TPSA) is 92.7 Å². The van der Waals surface area contributed by atoms with Gasteiger partial charge in [-0.15, -0.1) is 0 Å². The Morgan fingerprint density at radius 2 is 1.88 bits per heavy atom. The fourth-order valence-electron chi connectivity index (χ4n) is 1.94. The number of anilines is 1. The number of hydrogen-bond acceptors (Lipinski definition) is 5. The predicted octanol–water partition coefficient (Wildman–Crippen LogP) is 2.94. The summed E-state index contributed by atoms with van der Waals surface area (Å²) in [6, 6.07) is 12.0. The van der Waals surface area contributed by atoms with Gasteiger partial charge in [-0.25, -0.2) is 10.4 Å². The number of carbonyl (C=O) groups is 2. The number of aromatic nitrogens is 1. The van der Waals surface area contributed by atoms with Gasteiger partial charge < -0.3 is 10.1 Å². The highest BCUT2D eigenvalue weighted by Gasteiger charge is 2.07. The molecule has 0 saturated carbocycles. The van der Waals surface area contributed by atoms with Crippen molar-refractivity contribution >= 4 is 34.9 Å². The second-order valence-corrected chi connectivity index (χ2v) is 5.95. The highest BCUT2D eigenvalue weighted by molar-refractivity contribution is 6.30. The molecule has 7 nitrogen and oxygen atoms in total. The van der Waals surface area contributed by atoms with Gasteiger partial charge in [0.1, 0.15) is 11.6 Å². The number of nitrogens with zero attached hydrogens (tertiary/aromatic N) is 2. The van der Waals surface area contributed by atoms with E-state index in [4.69, 9.17) is 16.3 Å². The number of nitrogens with one attached hydrogen (secondary N) is 2. The molecule has 2 N–H and O–H groups in total. The van der Waals surface area contributed by atoms with E-state index in [2.05, 4.69) is 20.8 Å². The average molecular weight is 375 g/mol. The van der Waals surface area contributed by atoms with E-state index in [1.807, 2.05) is 13.0 Å². The lowest BCUT2D eigenvalue weighted by Gasteiger charge is -2.06. The number of hydrogen-bond donors (Lipinski definition) is 2. The zero-order valence-corrected chi connectivity index (χ0v) is 15.2. The minimum atomic E-state index is -0.431. The van der Waals surface area contributed by atoms with E-state index in [-0.39, 0.29) is 18.9 Å². The molecule has 0 unspecified atom stereocenters. The van der Waals surface area contributed by atoms with Crippen LogP contribution in [0.15, 0.2) is 47.6 Å². The van der Waals surface area contributed by atoms with Gasteiger partial charge in [-0.05, 0) is 50.2 Å². The lowest BCUT2D eigenvalue weighted by atomic mass is 10.3. The Bertz CT molecular complexity index is 806. The highest BCUT2D eigenvalue weighted by atomic mass is 35.5. The van der Waals surface area contributed by atoms with Crippen LogP contribution in [0.4, 0.5) is 5.82 Å². The molecule has 0 aliphatic carbocycles. The van der Waals surface area contributed by atoms with Gasteiger partial charge in [0.15, 0.2) is 6.61 Å². The largest absolute Gasteiger partial charge is 0.484 e. The van der Waals surface area contributed by atoms with Crippen molar-refractivity contribution in [2.75, 3.05) is 11.9 Å². The van der Waals surface area contributed by atoms with E-state index in [1.165, 1.54) is 0 Å². The molecule has 0 aliphatic heterocycles. The molecular formula is C18H19ClN4O3. The van der Waals surface area contributed by atoms with Crippen LogP contribution < -0.4 is 15.5 Å². The van der Waals surface area contributed by atoms with Gasteiger partial charge in [0.05, 0.1) is 6.42 Å². The van der Waals surface area contributed by atoms with Crippen LogP contribution in [0.2, 0.25) is 5.02 Å². The third kappa shape index (κ3) is 6.90. The van der Waals surface area contributed by atoms with Crippen molar-refractivity contribution in [1.82, 2.24) is 10.4 Å². The van der Waals surface area contributed by atoms with Crippen molar-refractivity contribution in [1.29, 1.82) is 0 Å². The Labute approximate surface area is 156 Å². The molecule has 0 saturated heterocycles. The number of benzene rings is 1. The fraction of sp³-hybridized carbons (Fsp3) is 0.222.